The number of hydrogen-bond acceptors (Lipinski definition) is 4. The van der Waals surface area contributed by atoms with Crippen LogP contribution in [-0.4, -0.2) is 25.1 Å². The first kappa shape index (κ1) is 17.8. The third kappa shape index (κ3) is 3.22. The van der Waals surface area contributed by atoms with E-state index >= 15 is 0 Å². The molecule has 0 aliphatic carbocycles. The van der Waals surface area contributed by atoms with Crippen molar-refractivity contribution in [3.8, 4) is 22.6 Å². The van der Waals surface area contributed by atoms with E-state index < -0.39 is 0 Å². The Morgan fingerprint density at radius 3 is 2.80 bits per heavy atom. The third-order valence-electron chi connectivity index (χ3n) is 4.79. The van der Waals surface area contributed by atoms with Crippen molar-refractivity contribution in [2.45, 2.75) is 0 Å². The number of fused-ring (bicyclic) bond motifs is 1. The number of para-hydroxylation sites is 1. The summed E-state index contributed by atoms with van der Waals surface area (Å²) in [4.78, 5) is 12.2. The van der Waals surface area contributed by atoms with Gasteiger partial charge in [-0.15, -0.1) is 0 Å². The van der Waals surface area contributed by atoms with Gasteiger partial charge in [0.15, 0.2) is 5.82 Å². The van der Waals surface area contributed by atoms with Crippen LogP contribution < -0.4 is 5.32 Å². The molecule has 0 saturated carbocycles. The van der Waals surface area contributed by atoms with Gasteiger partial charge in [0.1, 0.15) is 11.5 Å². The molecule has 0 saturated heterocycles. The van der Waals surface area contributed by atoms with Gasteiger partial charge in [-0.1, -0.05) is 30.8 Å². The summed E-state index contributed by atoms with van der Waals surface area (Å²) < 4.78 is 13.7. The van der Waals surface area contributed by atoms with Gasteiger partial charge < -0.3 is 10.3 Å². The van der Waals surface area contributed by atoms with Gasteiger partial charge in [-0.05, 0) is 35.9 Å². The molecule has 0 fully saturated rings. The van der Waals surface area contributed by atoms with E-state index in [0.717, 1.165) is 33.4 Å². The first-order chi connectivity index (χ1) is 14.7. The van der Waals surface area contributed by atoms with Gasteiger partial charge in [-0.25, -0.2) is 9.37 Å². The molecule has 5 rings (SSSR count). The van der Waals surface area contributed by atoms with E-state index in [4.69, 9.17) is 4.98 Å². The first-order valence-electron chi connectivity index (χ1n) is 9.34. The smallest absolute Gasteiger partial charge is 0.159 e. The van der Waals surface area contributed by atoms with Crippen molar-refractivity contribution in [3.05, 3.63) is 91.1 Å². The standard InChI is InChI=1S/C23H17FN6/c1-14(27-17-7-4-10-25-12-17)19-13-26-30-22(19)23-28-20-9-3-8-18(21(20)29-23)15-5-2-6-16(24)11-15/h2-13,27H,1H2,(H,26,30)(H,28,29). The van der Waals surface area contributed by atoms with Crippen LogP contribution in [0.25, 0.3) is 39.4 Å². The maximum Gasteiger partial charge on any atom is 0.159 e. The summed E-state index contributed by atoms with van der Waals surface area (Å²) in [5.74, 6) is 0.312. The minimum atomic E-state index is -0.285. The number of anilines is 1. The second-order valence-corrected chi connectivity index (χ2v) is 6.79. The summed E-state index contributed by atoms with van der Waals surface area (Å²) in [5, 5.41) is 10.5. The number of nitrogens with one attached hydrogen (secondary N) is 3. The molecule has 6 nitrogen and oxygen atoms in total. The maximum absolute atomic E-state index is 13.7. The van der Waals surface area contributed by atoms with Gasteiger partial charge in [-0.2, -0.15) is 5.10 Å². The van der Waals surface area contributed by atoms with Crippen LogP contribution >= 0.6 is 0 Å². The highest BCUT2D eigenvalue weighted by Crippen LogP contribution is 2.31. The molecule has 3 heterocycles. The Labute approximate surface area is 171 Å². The number of aromatic nitrogens is 5. The molecule has 146 valence electrons. The van der Waals surface area contributed by atoms with Crippen LogP contribution in [0.15, 0.2) is 79.8 Å². The van der Waals surface area contributed by atoms with Crippen molar-refractivity contribution in [1.29, 1.82) is 0 Å². The number of H-pyrrole nitrogens is 2. The lowest BCUT2D eigenvalue weighted by molar-refractivity contribution is 0.628. The van der Waals surface area contributed by atoms with E-state index in [2.05, 4.69) is 32.1 Å². The van der Waals surface area contributed by atoms with Gasteiger partial charge >= 0.3 is 0 Å². The highest BCUT2D eigenvalue weighted by atomic mass is 19.1. The van der Waals surface area contributed by atoms with E-state index in [9.17, 15) is 4.39 Å². The molecule has 30 heavy (non-hydrogen) atoms. The zero-order valence-electron chi connectivity index (χ0n) is 15.9. The third-order valence-corrected chi connectivity index (χ3v) is 4.79. The molecule has 7 heteroatoms. The molecule has 0 bridgehead atoms. The normalized spacial score (nSPS) is 11.0. The molecule has 0 radical (unpaired) electrons. The van der Waals surface area contributed by atoms with E-state index in [0.29, 0.717) is 17.2 Å². The van der Waals surface area contributed by atoms with Gasteiger partial charge in [-0.3, -0.25) is 10.1 Å². The second kappa shape index (κ2) is 7.29. The minimum absolute atomic E-state index is 0.285. The quantitative estimate of drug-likeness (QED) is 0.380. The van der Waals surface area contributed by atoms with Crippen LogP contribution in [0.3, 0.4) is 0 Å². The molecule has 0 amide bonds. The summed E-state index contributed by atoms with van der Waals surface area (Å²) in [6.45, 7) is 4.13. The minimum Gasteiger partial charge on any atom is -0.354 e. The fraction of sp³-hybridized carbons (Fsp3) is 0. The largest absolute Gasteiger partial charge is 0.354 e. The van der Waals surface area contributed by atoms with E-state index in [1.54, 1.807) is 24.7 Å². The number of benzene rings is 2. The molecular weight excluding hydrogens is 379 g/mol. The van der Waals surface area contributed by atoms with Crippen molar-refractivity contribution in [1.82, 2.24) is 25.1 Å². The van der Waals surface area contributed by atoms with Gasteiger partial charge in [0, 0.05) is 29.2 Å². The molecule has 5 aromatic rings. The Balaban J connectivity index is 1.55. The fourth-order valence-electron chi connectivity index (χ4n) is 3.41. The summed E-state index contributed by atoms with van der Waals surface area (Å²) in [6, 6.07) is 16.0. The molecule has 0 atom stereocenters. The lowest BCUT2D eigenvalue weighted by Crippen LogP contribution is -1.98. The van der Waals surface area contributed by atoms with Crippen LogP contribution in [-0.2, 0) is 0 Å². The summed E-state index contributed by atoms with van der Waals surface area (Å²) >= 11 is 0. The van der Waals surface area contributed by atoms with Crippen molar-refractivity contribution < 1.29 is 4.39 Å². The van der Waals surface area contributed by atoms with Crippen LogP contribution in [0.1, 0.15) is 5.56 Å². The Morgan fingerprint density at radius 2 is 1.97 bits per heavy atom. The van der Waals surface area contributed by atoms with E-state index in [-0.39, 0.29) is 5.82 Å². The number of hydrogen-bond donors (Lipinski definition) is 3. The van der Waals surface area contributed by atoms with Crippen LogP contribution in [0.5, 0.6) is 0 Å². The molecule has 3 aromatic heterocycles. The van der Waals surface area contributed by atoms with Gasteiger partial charge in [0.25, 0.3) is 0 Å². The average Bonchev–Trinajstić information content (AvgIpc) is 3.41. The lowest BCUT2D eigenvalue weighted by Gasteiger charge is -2.08. The van der Waals surface area contributed by atoms with E-state index in [1.807, 2.05) is 36.4 Å². The molecule has 3 N–H and O–H groups in total. The molecule has 0 aliphatic rings. The van der Waals surface area contributed by atoms with Crippen molar-refractivity contribution in [2.24, 2.45) is 0 Å². The Kier molecular flexibility index (Phi) is 4.33. The predicted octanol–water partition coefficient (Wildman–Crippen LogP) is 5.24. The van der Waals surface area contributed by atoms with Crippen LogP contribution in [0.2, 0.25) is 0 Å². The topological polar surface area (TPSA) is 82.3 Å². The van der Waals surface area contributed by atoms with Gasteiger partial charge in [0.2, 0.25) is 0 Å². The highest BCUT2D eigenvalue weighted by Gasteiger charge is 2.17. The summed E-state index contributed by atoms with van der Waals surface area (Å²) in [6.07, 6.45) is 5.20. The Bertz CT molecular complexity index is 1350. The maximum atomic E-state index is 13.7. The Hall–Kier alpha value is -4.26. The zero-order chi connectivity index (χ0) is 20.5. The molecule has 0 aliphatic heterocycles. The van der Waals surface area contributed by atoms with Crippen LogP contribution in [0.4, 0.5) is 10.1 Å². The van der Waals surface area contributed by atoms with Crippen molar-refractivity contribution in [3.63, 3.8) is 0 Å². The SMILES string of the molecule is C=C(Nc1cccnc1)c1c[nH]nc1-c1nc2c(-c3cccc(F)c3)cccc2[nH]1. The zero-order valence-corrected chi connectivity index (χ0v) is 15.9. The molecular formula is C23H17FN6. The van der Waals surface area contributed by atoms with Crippen molar-refractivity contribution >= 4 is 22.4 Å². The number of rotatable bonds is 5. The monoisotopic (exact) mass is 396 g/mol. The fourth-order valence-corrected chi connectivity index (χ4v) is 3.41. The number of aromatic amines is 2. The van der Waals surface area contributed by atoms with Crippen LogP contribution in [0, 0.1) is 5.82 Å². The number of nitrogens with zero attached hydrogens (tertiary/aromatic N) is 3. The predicted molar refractivity (Wildman–Crippen MR) is 116 cm³/mol. The number of halogens is 1. The lowest BCUT2D eigenvalue weighted by atomic mass is 10.0. The summed E-state index contributed by atoms with van der Waals surface area (Å²) in [5.41, 5.74) is 6.11. The van der Waals surface area contributed by atoms with Crippen molar-refractivity contribution in [2.75, 3.05) is 5.32 Å². The Morgan fingerprint density at radius 1 is 1.07 bits per heavy atom. The highest BCUT2D eigenvalue weighted by molar-refractivity contribution is 5.94. The molecule has 2 aromatic carbocycles. The molecule has 0 spiro atoms. The first-order valence-corrected chi connectivity index (χ1v) is 9.34. The number of pyridine rings is 1. The number of imidazole rings is 1. The van der Waals surface area contributed by atoms with E-state index in [1.165, 1.54) is 12.1 Å². The van der Waals surface area contributed by atoms with Gasteiger partial charge in [0.05, 0.1) is 22.9 Å². The summed E-state index contributed by atoms with van der Waals surface area (Å²) in [7, 11) is 0. The second-order valence-electron chi connectivity index (χ2n) is 6.79. The average molecular weight is 396 g/mol. The molecule has 0 unspecified atom stereocenters.